The average Bonchev–Trinajstić information content (AvgIpc) is 2.90. The van der Waals surface area contributed by atoms with Crippen LogP contribution in [0.25, 0.3) is 10.8 Å². The number of fused-ring (bicyclic) bond motifs is 2. The van der Waals surface area contributed by atoms with Crippen molar-refractivity contribution in [3.05, 3.63) is 36.5 Å². The van der Waals surface area contributed by atoms with Crippen molar-refractivity contribution in [2.24, 2.45) is 11.8 Å². The van der Waals surface area contributed by atoms with Gasteiger partial charge in [-0.05, 0) is 42.8 Å². The smallest absolute Gasteiger partial charge is 0.136 e. The maximum absolute atomic E-state index is 4.65. The van der Waals surface area contributed by atoms with E-state index in [0.717, 1.165) is 18.4 Å². The van der Waals surface area contributed by atoms with E-state index in [4.69, 9.17) is 0 Å². The summed E-state index contributed by atoms with van der Waals surface area (Å²) in [6.07, 6.45) is 3.25. The summed E-state index contributed by atoms with van der Waals surface area (Å²) in [6.45, 7) is 4.68. The Morgan fingerprint density at radius 3 is 2.95 bits per heavy atom. The lowest BCUT2D eigenvalue weighted by molar-refractivity contribution is 0.318. The van der Waals surface area contributed by atoms with Crippen LogP contribution < -0.4 is 10.2 Å². The van der Waals surface area contributed by atoms with Gasteiger partial charge in [-0.1, -0.05) is 24.3 Å². The first-order valence-corrected chi connectivity index (χ1v) is 7.21. The molecule has 2 aliphatic heterocycles. The molecule has 2 aliphatic rings. The normalized spacial score (nSPS) is 26.6. The highest BCUT2D eigenvalue weighted by atomic mass is 15.2. The van der Waals surface area contributed by atoms with Gasteiger partial charge in [-0.3, -0.25) is 0 Å². The maximum Gasteiger partial charge on any atom is 0.136 e. The molecule has 0 radical (unpaired) electrons. The number of pyridine rings is 1. The van der Waals surface area contributed by atoms with Gasteiger partial charge < -0.3 is 10.2 Å². The first-order chi connectivity index (χ1) is 9.42. The summed E-state index contributed by atoms with van der Waals surface area (Å²) >= 11 is 0. The first-order valence-electron chi connectivity index (χ1n) is 7.21. The van der Waals surface area contributed by atoms with Crippen molar-refractivity contribution in [3.63, 3.8) is 0 Å². The Morgan fingerprint density at radius 2 is 2.00 bits per heavy atom. The lowest BCUT2D eigenvalue weighted by Gasteiger charge is -2.23. The van der Waals surface area contributed by atoms with Crippen molar-refractivity contribution in [1.82, 2.24) is 10.3 Å². The highest BCUT2D eigenvalue weighted by Crippen LogP contribution is 2.33. The molecule has 2 aromatic rings. The Labute approximate surface area is 113 Å². The predicted molar refractivity (Wildman–Crippen MR) is 78.4 cm³/mol. The van der Waals surface area contributed by atoms with Crippen LogP contribution in [0.15, 0.2) is 36.5 Å². The molecule has 4 rings (SSSR count). The van der Waals surface area contributed by atoms with Gasteiger partial charge >= 0.3 is 0 Å². The highest BCUT2D eigenvalue weighted by molar-refractivity contribution is 5.92. The number of hydrogen-bond acceptors (Lipinski definition) is 3. The van der Waals surface area contributed by atoms with Crippen molar-refractivity contribution in [3.8, 4) is 0 Å². The molecule has 98 valence electrons. The van der Waals surface area contributed by atoms with Crippen LogP contribution in [-0.4, -0.2) is 31.2 Å². The molecule has 2 unspecified atom stereocenters. The topological polar surface area (TPSA) is 28.2 Å². The van der Waals surface area contributed by atoms with Crippen LogP contribution in [0.3, 0.4) is 0 Å². The summed E-state index contributed by atoms with van der Waals surface area (Å²) in [7, 11) is 0. The van der Waals surface area contributed by atoms with Crippen molar-refractivity contribution in [2.75, 3.05) is 31.1 Å². The van der Waals surface area contributed by atoms with Gasteiger partial charge in [0, 0.05) is 24.7 Å². The zero-order valence-electron chi connectivity index (χ0n) is 11.0. The number of rotatable bonds is 1. The van der Waals surface area contributed by atoms with Crippen molar-refractivity contribution < 1.29 is 0 Å². The molecule has 2 fully saturated rings. The fourth-order valence-electron chi connectivity index (χ4n) is 3.60. The van der Waals surface area contributed by atoms with E-state index < -0.39 is 0 Å². The Morgan fingerprint density at radius 1 is 1.11 bits per heavy atom. The van der Waals surface area contributed by atoms with Gasteiger partial charge in [0.05, 0.1) is 0 Å². The van der Waals surface area contributed by atoms with Gasteiger partial charge in [0.25, 0.3) is 0 Å². The van der Waals surface area contributed by atoms with Gasteiger partial charge in [-0.25, -0.2) is 4.98 Å². The average molecular weight is 253 g/mol. The second kappa shape index (κ2) is 4.49. The Hall–Kier alpha value is -1.61. The molecule has 3 nitrogen and oxygen atoms in total. The zero-order chi connectivity index (χ0) is 12.7. The minimum atomic E-state index is 0.800. The van der Waals surface area contributed by atoms with Gasteiger partial charge in [-0.2, -0.15) is 0 Å². The lowest BCUT2D eigenvalue weighted by atomic mass is 9.90. The molecule has 1 N–H and O–H groups in total. The van der Waals surface area contributed by atoms with E-state index in [1.165, 1.54) is 42.6 Å². The molecule has 1 aromatic carbocycles. The Bertz CT molecular complexity index is 576. The van der Waals surface area contributed by atoms with E-state index >= 15 is 0 Å². The van der Waals surface area contributed by atoms with Crippen LogP contribution in [0.4, 0.5) is 5.82 Å². The number of hydrogen-bond donors (Lipinski definition) is 1. The zero-order valence-corrected chi connectivity index (χ0v) is 11.0. The van der Waals surface area contributed by atoms with Crippen molar-refractivity contribution in [2.45, 2.75) is 6.42 Å². The van der Waals surface area contributed by atoms with Crippen molar-refractivity contribution >= 4 is 16.6 Å². The largest absolute Gasteiger partial charge is 0.355 e. The minimum absolute atomic E-state index is 0.800. The number of nitrogens with one attached hydrogen (secondary N) is 1. The van der Waals surface area contributed by atoms with E-state index in [-0.39, 0.29) is 0 Å². The standard InChI is InChI=1S/C16H19N3/c1-2-4-15-12(3-1)6-8-18-16(15)19-10-13-5-7-17-9-14(13)11-19/h1-4,6,8,13-14,17H,5,7,9-11H2. The van der Waals surface area contributed by atoms with Crippen LogP contribution in [-0.2, 0) is 0 Å². The highest BCUT2D eigenvalue weighted by Gasteiger charge is 2.35. The molecule has 0 spiro atoms. The number of aromatic nitrogens is 1. The molecule has 0 aliphatic carbocycles. The quantitative estimate of drug-likeness (QED) is 0.845. The van der Waals surface area contributed by atoms with Crippen LogP contribution in [0.5, 0.6) is 0 Å². The molecule has 0 bridgehead atoms. The molecule has 3 heteroatoms. The summed E-state index contributed by atoms with van der Waals surface area (Å²) in [6, 6.07) is 10.7. The molecule has 0 saturated carbocycles. The van der Waals surface area contributed by atoms with Gasteiger partial charge in [0.15, 0.2) is 0 Å². The lowest BCUT2D eigenvalue weighted by Crippen LogP contribution is -2.35. The van der Waals surface area contributed by atoms with E-state index in [1.807, 2.05) is 6.20 Å². The van der Waals surface area contributed by atoms with Crippen molar-refractivity contribution in [1.29, 1.82) is 0 Å². The SMILES string of the molecule is c1ccc2c(N3CC4CCNCC4C3)nccc2c1. The van der Waals surface area contributed by atoms with Crippen LogP contribution in [0.2, 0.25) is 0 Å². The summed E-state index contributed by atoms with van der Waals surface area (Å²) < 4.78 is 0. The minimum Gasteiger partial charge on any atom is -0.355 e. The number of anilines is 1. The van der Waals surface area contributed by atoms with Crippen LogP contribution in [0, 0.1) is 11.8 Å². The molecular weight excluding hydrogens is 234 g/mol. The third-order valence-electron chi connectivity index (χ3n) is 4.63. The summed E-state index contributed by atoms with van der Waals surface area (Å²) in [4.78, 5) is 7.14. The van der Waals surface area contributed by atoms with Crippen LogP contribution in [0.1, 0.15) is 6.42 Å². The van der Waals surface area contributed by atoms with E-state index in [0.29, 0.717) is 0 Å². The van der Waals surface area contributed by atoms with Crippen LogP contribution >= 0.6 is 0 Å². The second-order valence-corrected chi connectivity index (χ2v) is 5.77. The molecule has 2 atom stereocenters. The van der Waals surface area contributed by atoms with Gasteiger partial charge in [0.1, 0.15) is 5.82 Å². The molecule has 1 aromatic heterocycles. The molecule has 3 heterocycles. The molecule has 2 saturated heterocycles. The molecule has 0 amide bonds. The Balaban J connectivity index is 1.71. The Kier molecular flexibility index (Phi) is 2.66. The monoisotopic (exact) mass is 253 g/mol. The predicted octanol–water partition coefficient (Wildman–Crippen LogP) is 2.28. The summed E-state index contributed by atoms with van der Waals surface area (Å²) in [5.41, 5.74) is 0. The fraction of sp³-hybridized carbons (Fsp3) is 0.438. The second-order valence-electron chi connectivity index (χ2n) is 5.77. The number of benzene rings is 1. The van der Waals surface area contributed by atoms with E-state index in [2.05, 4.69) is 45.5 Å². The molecular formula is C16H19N3. The summed E-state index contributed by atoms with van der Waals surface area (Å²) in [5, 5.41) is 6.10. The first kappa shape index (κ1) is 11.2. The number of nitrogens with zero attached hydrogens (tertiary/aromatic N) is 2. The fourth-order valence-corrected chi connectivity index (χ4v) is 3.60. The van der Waals surface area contributed by atoms with E-state index in [1.54, 1.807) is 0 Å². The van der Waals surface area contributed by atoms with Gasteiger partial charge in [0.2, 0.25) is 0 Å². The van der Waals surface area contributed by atoms with Gasteiger partial charge in [-0.15, -0.1) is 0 Å². The summed E-state index contributed by atoms with van der Waals surface area (Å²) in [5.74, 6) is 2.82. The maximum atomic E-state index is 4.65. The third-order valence-corrected chi connectivity index (χ3v) is 4.63. The molecule has 19 heavy (non-hydrogen) atoms. The van der Waals surface area contributed by atoms with E-state index in [9.17, 15) is 0 Å². The number of piperidine rings is 1. The third kappa shape index (κ3) is 1.89.